The van der Waals surface area contributed by atoms with Crippen LogP contribution in [0.25, 0.3) is 0 Å². The van der Waals surface area contributed by atoms with Crippen LogP contribution in [0, 0.1) is 26.7 Å². The number of unbranched alkanes of at least 4 members (excludes halogenated alkanes) is 6. The van der Waals surface area contributed by atoms with Gasteiger partial charge in [-0.3, -0.25) is 33.6 Å². The molecule has 26 heteroatoms. The minimum Gasteiger partial charge on any atom is -0.487 e. The second kappa shape index (κ2) is 49.4. The number of carboxylic acids is 4. The minimum atomic E-state index is -1.21. The van der Waals surface area contributed by atoms with Gasteiger partial charge in [-0.15, -0.1) is 0 Å². The van der Waals surface area contributed by atoms with Crippen molar-refractivity contribution in [1.29, 1.82) is 0 Å². The topological polar surface area (TPSA) is 393 Å². The highest BCUT2D eigenvalue weighted by atomic mass is 32.2. The largest absolute Gasteiger partial charge is 0.487 e. The lowest BCUT2D eigenvalue weighted by Gasteiger charge is -2.38. The van der Waals surface area contributed by atoms with Crippen LogP contribution < -0.4 is 48.4 Å². The number of thioether (sulfide) groups is 4. The molecular weight excluding hydrogens is 1210 g/mol. The van der Waals surface area contributed by atoms with Crippen LogP contribution in [-0.4, -0.2) is 169 Å². The Kier molecular flexibility index (Phi) is 49.3. The molecule has 22 nitrogen and oxygen atoms in total. The molecule has 510 valence electrons. The summed E-state index contributed by atoms with van der Waals surface area (Å²) in [5.41, 5.74) is 25.6. The molecule has 1 aromatic rings. The van der Waals surface area contributed by atoms with E-state index in [9.17, 15) is 43.2 Å². The number of carbonyl (C=O) groups is 9. The highest BCUT2D eigenvalue weighted by Gasteiger charge is 2.35. The van der Waals surface area contributed by atoms with Crippen molar-refractivity contribution < 1.29 is 73.1 Å². The first-order valence-corrected chi connectivity index (χ1v) is 35.7. The highest BCUT2D eigenvalue weighted by molar-refractivity contribution is 8.00. The fourth-order valence-corrected chi connectivity index (χ4v) is 10.2. The van der Waals surface area contributed by atoms with Crippen molar-refractivity contribution in [1.82, 2.24) is 16.0 Å². The number of aliphatic carboxylic acids is 4. The third-order valence-electron chi connectivity index (χ3n) is 14.6. The van der Waals surface area contributed by atoms with Gasteiger partial charge in [0.1, 0.15) is 53.6 Å². The van der Waals surface area contributed by atoms with Crippen LogP contribution in [0.2, 0.25) is 0 Å². The maximum absolute atomic E-state index is 12.3. The van der Waals surface area contributed by atoms with E-state index >= 15 is 0 Å². The van der Waals surface area contributed by atoms with Crippen molar-refractivity contribution in [2.45, 2.75) is 245 Å². The quantitative estimate of drug-likeness (QED) is 0.0168. The first-order chi connectivity index (χ1) is 41.0. The van der Waals surface area contributed by atoms with E-state index in [0.717, 1.165) is 53.2 Å². The first kappa shape index (κ1) is 87.9. The van der Waals surface area contributed by atoms with Crippen LogP contribution >= 0.6 is 47.0 Å². The minimum absolute atomic E-state index is 0.00176. The van der Waals surface area contributed by atoms with Gasteiger partial charge in [0.05, 0.1) is 6.42 Å². The summed E-state index contributed by atoms with van der Waals surface area (Å²) in [6.07, 6.45) is 24.9. The normalized spacial score (nSPS) is 15.5. The first-order valence-electron chi connectivity index (χ1n) is 30.3. The zero-order chi connectivity index (χ0) is 68.3. The van der Waals surface area contributed by atoms with Crippen LogP contribution in [0.1, 0.15) is 193 Å². The van der Waals surface area contributed by atoms with Crippen molar-refractivity contribution in [2.24, 2.45) is 28.9 Å². The maximum Gasteiger partial charge on any atom is 0.327 e. The lowest BCUT2D eigenvalue weighted by molar-refractivity contribution is -0.141. The molecule has 0 saturated heterocycles. The number of fused-ring (bicyclic) bond motifs is 1. The number of rotatable bonds is 38. The summed E-state index contributed by atoms with van der Waals surface area (Å²) in [6.45, 7) is 22.2. The molecule has 88 heavy (non-hydrogen) atoms. The molecular formula is C62H113N7O15S4. The van der Waals surface area contributed by atoms with Crippen molar-refractivity contribution in [2.75, 3.05) is 48.8 Å². The SMILES string of the molecule is CCCCCCCCCC(C)CCCC1(C)CCc2c(C)c(OC(=O)CCC(C)=O)c(C)c(C)c2O1.CSC(C)(C)C(C)N.CSCC(N)C(=O)O.CSCC(NC(=O)CCC(C)N)C(=O)O.CSCC(NC(=O)CCC(N)C(=O)O)C(=O)NCC(=O)O. The van der Waals surface area contributed by atoms with Crippen LogP contribution in [-0.2, 0) is 49.6 Å². The van der Waals surface area contributed by atoms with Gasteiger partial charge in [-0.25, -0.2) is 4.79 Å². The van der Waals surface area contributed by atoms with Crippen molar-refractivity contribution in [3.8, 4) is 11.5 Å². The van der Waals surface area contributed by atoms with Gasteiger partial charge < -0.3 is 73.6 Å². The fraction of sp³-hybridized carbons (Fsp3) is 0.758. The zero-order valence-electron chi connectivity index (χ0n) is 55.5. The summed E-state index contributed by atoms with van der Waals surface area (Å²) < 4.78 is 12.7. The van der Waals surface area contributed by atoms with E-state index in [-0.39, 0.29) is 77.9 Å². The second-order valence-electron chi connectivity index (χ2n) is 23.2. The van der Waals surface area contributed by atoms with Gasteiger partial charge in [0.15, 0.2) is 0 Å². The predicted octanol–water partition coefficient (Wildman–Crippen LogP) is 8.43. The van der Waals surface area contributed by atoms with Crippen LogP contribution in [0.5, 0.6) is 11.5 Å². The van der Waals surface area contributed by atoms with Crippen LogP contribution in [0.15, 0.2) is 0 Å². The van der Waals surface area contributed by atoms with E-state index < -0.39 is 66.4 Å². The molecule has 0 radical (unpaired) electrons. The summed E-state index contributed by atoms with van der Waals surface area (Å²) in [5.74, 6) is -2.52. The Morgan fingerprint density at radius 2 is 1.16 bits per heavy atom. The summed E-state index contributed by atoms with van der Waals surface area (Å²) in [4.78, 5) is 99.7. The number of benzene rings is 1. The number of ether oxygens (including phenoxy) is 2. The van der Waals surface area contributed by atoms with E-state index in [1.165, 1.54) is 106 Å². The molecule has 1 aliphatic rings. The molecule has 2 rings (SSSR count). The maximum atomic E-state index is 12.3. The number of Topliss-reactive ketones (excluding diaryl/α,β-unsaturated/α-hetero) is 1. The summed E-state index contributed by atoms with van der Waals surface area (Å²) >= 11 is 5.93. The van der Waals surface area contributed by atoms with Crippen molar-refractivity contribution in [3.05, 3.63) is 22.3 Å². The standard InChI is InChI=1S/C32H52O4.C11H19N3O6S.C9H18N2O3S.C6H15NS.C4H9NO2S/c1-8-9-10-11-12-13-14-16-23(2)17-15-21-32(7)22-20-28-27(6)30(25(4)26(5)31(28)36-32)35-29(34)19-18-24(3)33;1-21-5-7(10(18)13-4-9(16)17)14-8(15)3-2-6(12)11(19)20;1-6(10)3-4-8(12)11-7(5-15-2)9(13)14;1-5(7)6(2,3)8-4;1-8-2-3(5)4(6)7/h23H,8-22H2,1-7H3;6-7H,2-5,12H2,1H3,(H,13,18)(H,14,15)(H,16,17)(H,19,20);6-7H,3-5,10H2,1-2H3,(H,11,12)(H,13,14);5H,7H2,1-4H3;3H,2,5H2,1H3,(H,6,7). The highest BCUT2D eigenvalue weighted by Crippen LogP contribution is 2.45. The van der Waals surface area contributed by atoms with Crippen molar-refractivity contribution in [3.63, 3.8) is 0 Å². The zero-order valence-corrected chi connectivity index (χ0v) is 58.8. The molecule has 8 unspecified atom stereocenters. The fourth-order valence-electron chi connectivity index (χ4n) is 8.19. The smallest absolute Gasteiger partial charge is 0.327 e. The molecule has 0 spiro atoms. The summed E-state index contributed by atoms with van der Waals surface area (Å²) in [6, 6.07) is -3.30. The summed E-state index contributed by atoms with van der Waals surface area (Å²) in [7, 11) is 0. The second-order valence-corrected chi connectivity index (χ2v) is 27.4. The monoisotopic (exact) mass is 1320 g/mol. The number of hydrogen-bond donors (Lipinski definition) is 11. The number of hydrogen-bond acceptors (Lipinski definition) is 19. The number of esters is 1. The van der Waals surface area contributed by atoms with Gasteiger partial charge in [0.25, 0.3) is 0 Å². The molecule has 0 bridgehead atoms. The number of nitrogens with two attached hydrogens (primary N) is 4. The molecule has 15 N–H and O–H groups in total. The lowest BCUT2D eigenvalue weighted by atomic mass is 9.84. The third kappa shape index (κ3) is 41.9. The Hall–Kier alpha value is -4.31. The molecule has 1 aliphatic heterocycles. The van der Waals surface area contributed by atoms with Crippen molar-refractivity contribution >= 4 is 100 Å². The third-order valence-corrected chi connectivity index (χ3v) is 18.1. The number of carboxylic acid groups (broad SMARTS) is 4. The molecule has 0 fully saturated rings. The van der Waals surface area contributed by atoms with Crippen LogP contribution in [0.3, 0.4) is 0 Å². The van der Waals surface area contributed by atoms with Crippen LogP contribution in [0.4, 0.5) is 0 Å². The molecule has 0 aromatic heterocycles. The van der Waals surface area contributed by atoms with E-state index in [2.05, 4.69) is 63.7 Å². The molecule has 0 saturated carbocycles. The van der Waals surface area contributed by atoms with E-state index in [1.54, 1.807) is 12.5 Å². The molecule has 8 atom stereocenters. The van der Waals surface area contributed by atoms with Gasteiger partial charge in [0.2, 0.25) is 17.7 Å². The number of carbonyl (C=O) groups excluding carboxylic acids is 5. The average Bonchev–Trinajstić information content (AvgIpc) is 3.45. The Morgan fingerprint density at radius 1 is 0.648 bits per heavy atom. The van der Waals surface area contributed by atoms with Gasteiger partial charge in [0, 0.05) is 58.9 Å². The predicted molar refractivity (Wildman–Crippen MR) is 361 cm³/mol. The van der Waals surface area contributed by atoms with Gasteiger partial charge in [-0.1, -0.05) is 71.6 Å². The Bertz CT molecular complexity index is 2260. The van der Waals surface area contributed by atoms with Gasteiger partial charge in [-0.05, 0) is 148 Å². The van der Waals surface area contributed by atoms with E-state index in [0.29, 0.717) is 23.7 Å². The van der Waals surface area contributed by atoms with Gasteiger partial charge >= 0.3 is 29.8 Å². The molecule has 3 amide bonds. The number of ketones is 1. The molecule has 1 heterocycles. The Morgan fingerprint density at radius 3 is 1.61 bits per heavy atom. The summed E-state index contributed by atoms with van der Waals surface area (Å²) in [5, 5.41) is 41.1. The Balaban J connectivity index is -0.00000117. The van der Waals surface area contributed by atoms with E-state index in [1.807, 2.05) is 45.7 Å². The Labute approximate surface area is 542 Å². The van der Waals surface area contributed by atoms with E-state index in [4.69, 9.17) is 52.8 Å². The lowest BCUT2D eigenvalue weighted by Crippen LogP contribution is -2.49. The number of amides is 3. The average molecular weight is 1320 g/mol. The number of nitrogens with one attached hydrogen (secondary N) is 3. The molecule has 1 aromatic carbocycles. The van der Waals surface area contributed by atoms with Gasteiger partial charge in [-0.2, -0.15) is 47.0 Å². The molecule has 0 aliphatic carbocycles.